The summed E-state index contributed by atoms with van der Waals surface area (Å²) in [6, 6.07) is 4.08. The Morgan fingerprint density at radius 1 is 1.41 bits per heavy atom. The highest BCUT2D eigenvalue weighted by Crippen LogP contribution is 2.38. The molecule has 1 heterocycles. The van der Waals surface area contributed by atoms with E-state index in [1.54, 1.807) is 13.8 Å². The van der Waals surface area contributed by atoms with Gasteiger partial charge in [0.25, 0.3) is 0 Å². The molecule has 0 unspecified atom stereocenters. The van der Waals surface area contributed by atoms with Gasteiger partial charge in [0.1, 0.15) is 0 Å². The number of hydrogen-bond acceptors (Lipinski definition) is 3. The number of halogens is 3. The van der Waals surface area contributed by atoms with E-state index in [0.29, 0.717) is 6.42 Å². The average molecular weight is 312 g/mol. The van der Waals surface area contributed by atoms with Gasteiger partial charge in [0, 0.05) is 5.69 Å². The summed E-state index contributed by atoms with van der Waals surface area (Å²) in [5.41, 5.74) is -1.53. The van der Waals surface area contributed by atoms with Crippen LogP contribution >= 0.6 is 0 Å². The van der Waals surface area contributed by atoms with E-state index in [2.05, 4.69) is 0 Å². The first-order valence-electron chi connectivity index (χ1n) is 6.84. The van der Waals surface area contributed by atoms with Crippen LogP contribution in [0.1, 0.15) is 31.4 Å². The Balaban J connectivity index is 2.54. The van der Waals surface area contributed by atoms with Crippen LogP contribution in [-0.2, 0) is 11.0 Å². The van der Waals surface area contributed by atoms with Crippen LogP contribution in [0, 0.1) is 17.2 Å². The predicted molar refractivity (Wildman–Crippen MR) is 72.9 cm³/mol. The fraction of sp³-hybridized carbons (Fsp3) is 0.467. The van der Waals surface area contributed by atoms with Gasteiger partial charge < -0.3 is 10.0 Å². The van der Waals surface area contributed by atoms with Crippen molar-refractivity contribution in [2.75, 3.05) is 4.90 Å². The van der Waals surface area contributed by atoms with E-state index in [0.717, 1.165) is 12.1 Å². The third-order valence-corrected chi connectivity index (χ3v) is 3.99. The molecule has 1 aliphatic heterocycles. The van der Waals surface area contributed by atoms with Crippen molar-refractivity contribution in [2.45, 2.75) is 38.6 Å². The number of anilines is 1. The molecule has 1 aromatic carbocycles. The van der Waals surface area contributed by atoms with Crippen molar-refractivity contribution in [1.29, 1.82) is 5.26 Å². The average Bonchev–Trinajstić information content (AvgIpc) is 2.69. The molecule has 1 amide bonds. The Kier molecular flexibility index (Phi) is 4.16. The van der Waals surface area contributed by atoms with Crippen molar-refractivity contribution in [1.82, 2.24) is 0 Å². The normalized spacial score (nSPS) is 25.4. The van der Waals surface area contributed by atoms with E-state index in [1.807, 2.05) is 0 Å². The zero-order chi connectivity index (χ0) is 16.7. The van der Waals surface area contributed by atoms with Crippen LogP contribution in [0.4, 0.5) is 18.9 Å². The molecule has 1 aliphatic rings. The van der Waals surface area contributed by atoms with Crippen LogP contribution in [0.25, 0.3) is 0 Å². The van der Waals surface area contributed by atoms with Crippen molar-refractivity contribution in [3.8, 4) is 6.07 Å². The third kappa shape index (κ3) is 2.55. The van der Waals surface area contributed by atoms with Gasteiger partial charge in [-0.15, -0.1) is 0 Å². The quantitative estimate of drug-likeness (QED) is 0.913. The lowest BCUT2D eigenvalue weighted by atomic mass is 10.0. The van der Waals surface area contributed by atoms with E-state index in [4.69, 9.17) is 5.26 Å². The van der Waals surface area contributed by atoms with Crippen LogP contribution in [0.15, 0.2) is 18.2 Å². The number of hydrogen-bond donors (Lipinski definition) is 1. The second kappa shape index (κ2) is 5.61. The zero-order valence-electron chi connectivity index (χ0n) is 12.1. The Morgan fingerprint density at radius 2 is 2.05 bits per heavy atom. The highest BCUT2D eigenvalue weighted by molar-refractivity contribution is 5.98. The van der Waals surface area contributed by atoms with Crippen LogP contribution in [-0.4, -0.2) is 23.2 Å². The van der Waals surface area contributed by atoms with Crippen molar-refractivity contribution in [3.63, 3.8) is 0 Å². The highest BCUT2D eigenvalue weighted by Gasteiger charge is 2.45. The van der Waals surface area contributed by atoms with Crippen LogP contribution in [0.2, 0.25) is 0 Å². The van der Waals surface area contributed by atoms with Gasteiger partial charge in [-0.05, 0) is 24.6 Å². The van der Waals surface area contributed by atoms with Crippen LogP contribution in [0.5, 0.6) is 0 Å². The number of amides is 1. The second-order valence-corrected chi connectivity index (χ2v) is 5.30. The van der Waals surface area contributed by atoms with Crippen LogP contribution in [0.3, 0.4) is 0 Å². The molecule has 0 spiro atoms. The first kappa shape index (κ1) is 16.3. The number of rotatable bonds is 2. The van der Waals surface area contributed by atoms with Gasteiger partial charge in [-0.25, -0.2) is 0 Å². The Bertz CT molecular complexity index is 637. The van der Waals surface area contributed by atoms with Gasteiger partial charge in [-0.2, -0.15) is 18.4 Å². The molecule has 0 aliphatic carbocycles. The molecule has 0 bridgehead atoms. The van der Waals surface area contributed by atoms with Gasteiger partial charge in [0.05, 0.1) is 35.3 Å². The molecular formula is C15H15F3N2O2. The summed E-state index contributed by atoms with van der Waals surface area (Å²) in [5, 5.41) is 18.9. The lowest BCUT2D eigenvalue weighted by Gasteiger charge is -2.26. The predicted octanol–water partition coefficient (Wildman–Crippen LogP) is 2.70. The number of nitrogens with zero attached hydrogens (tertiary/aromatic N) is 2. The molecule has 1 fully saturated rings. The van der Waals surface area contributed by atoms with E-state index >= 15 is 0 Å². The maximum atomic E-state index is 13.0. The summed E-state index contributed by atoms with van der Waals surface area (Å²) >= 11 is 0. The van der Waals surface area contributed by atoms with Gasteiger partial charge >= 0.3 is 6.18 Å². The van der Waals surface area contributed by atoms with Gasteiger partial charge in [0.2, 0.25) is 5.91 Å². The van der Waals surface area contributed by atoms with Crippen molar-refractivity contribution >= 4 is 11.6 Å². The smallest absolute Gasteiger partial charge is 0.390 e. The topological polar surface area (TPSA) is 64.3 Å². The van der Waals surface area contributed by atoms with Gasteiger partial charge in [0.15, 0.2) is 0 Å². The van der Waals surface area contributed by atoms with E-state index in [9.17, 15) is 23.1 Å². The summed E-state index contributed by atoms with van der Waals surface area (Å²) in [5.74, 6) is -1.09. The first-order valence-corrected chi connectivity index (χ1v) is 6.84. The number of aliphatic hydroxyl groups is 1. The molecule has 118 valence electrons. The summed E-state index contributed by atoms with van der Waals surface area (Å²) in [6.45, 7) is 3.30. The van der Waals surface area contributed by atoms with E-state index in [-0.39, 0.29) is 5.69 Å². The summed E-state index contributed by atoms with van der Waals surface area (Å²) in [6.07, 6.45) is -5.20. The highest BCUT2D eigenvalue weighted by atomic mass is 19.4. The van der Waals surface area contributed by atoms with Crippen molar-refractivity contribution in [2.24, 2.45) is 5.92 Å². The SMILES string of the molecule is CC[C@H]1[C@@H](O)[C@H](C)C(=O)N1c1ccc(C#N)c(C(F)(F)F)c1. The molecule has 2 rings (SSSR count). The van der Waals surface area contributed by atoms with Gasteiger partial charge in [-0.3, -0.25) is 4.79 Å². The molecule has 1 N–H and O–H groups in total. The number of carbonyl (C=O) groups is 1. The lowest BCUT2D eigenvalue weighted by Crippen LogP contribution is -2.36. The number of nitriles is 1. The summed E-state index contributed by atoms with van der Waals surface area (Å²) in [4.78, 5) is 13.4. The summed E-state index contributed by atoms with van der Waals surface area (Å²) in [7, 11) is 0. The maximum Gasteiger partial charge on any atom is 0.417 e. The Labute approximate surface area is 125 Å². The molecular weight excluding hydrogens is 297 g/mol. The largest absolute Gasteiger partial charge is 0.417 e. The number of carbonyl (C=O) groups excluding carboxylic acids is 1. The monoisotopic (exact) mass is 312 g/mol. The third-order valence-electron chi connectivity index (χ3n) is 3.99. The molecule has 4 nitrogen and oxygen atoms in total. The summed E-state index contributed by atoms with van der Waals surface area (Å²) < 4.78 is 39.1. The molecule has 1 aromatic rings. The number of benzene rings is 1. The Hall–Kier alpha value is -2.07. The fourth-order valence-electron chi connectivity index (χ4n) is 2.77. The number of aliphatic hydroxyl groups excluding tert-OH is 1. The second-order valence-electron chi connectivity index (χ2n) is 5.30. The molecule has 22 heavy (non-hydrogen) atoms. The molecule has 0 aromatic heterocycles. The lowest BCUT2D eigenvalue weighted by molar-refractivity contribution is -0.137. The zero-order valence-corrected chi connectivity index (χ0v) is 12.1. The van der Waals surface area contributed by atoms with Crippen LogP contribution < -0.4 is 4.90 Å². The standard InChI is InChI=1S/C15H15F3N2O2/c1-3-12-13(21)8(2)14(22)20(12)10-5-4-9(7-19)11(6-10)15(16,17)18/h4-6,8,12-13,21H,3H2,1-2H3/t8-,12-,13-/m0/s1. The van der Waals surface area contributed by atoms with Crippen molar-refractivity contribution in [3.05, 3.63) is 29.3 Å². The Morgan fingerprint density at radius 3 is 2.55 bits per heavy atom. The first-order chi connectivity index (χ1) is 10.2. The van der Waals surface area contributed by atoms with Crippen molar-refractivity contribution < 1.29 is 23.1 Å². The molecule has 0 radical (unpaired) electrons. The number of alkyl halides is 3. The minimum Gasteiger partial charge on any atom is -0.390 e. The molecule has 3 atom stereocenters. The van der Waals surface area contributed by atoms with E-state index < -0.39 is 41.3 Å². The minimum absolute atomic E-state index is 0.0478. The van der Waals surface area contributed by atoms with Gasteiger partial charge in [-0.1, -0.05) is 13.8 Å². The van der Waals surface area contributed by atoms with E-state index in [1.165, 1.54) is 17.0 Å². The molecule has 1 saturated heterocycles. The fourth-order valence-corrected chi connectivity index (χ4v) is 2.77. The maximum absolute atomic E-state index is 13.0. The molecule has 0 saturated carbocycles. The minimum atomic E-state index is -4.68. The molecule has 7 heteroatoms.